The lowest BCUT2D eigenvalue weighted by molar-refractivity contribution is -0.118. The van der Waals surface area contributed by atoms with Crippen molar-refractivity contribution in [3.63, 3.8) is 0 Å². The molecule has 0 saturated heterocycles. The Balaban J connectivity index is 1.55. The van der Waals surface area contributed by atoms with Gasteiger partial charge in [0.05, 0.1) is 24.6 Å². The van der Waals surface area contributed by atoms with Crippen LogP contribution in [-0.2, 0) is 17.9 Å². The Kier molecular flexibility index (Phi) is 5.93. The number of anilines is 1. The predicted octanol–water partition coefficient (Wildman–Crippen LogP) is 3.90. The van der Waals surface area contributed by atoms with E-state index in [0.717, 1.165) is 27.6 Å². The van der Waals surface area contributed by atoms with Gasteiger partial charge in [0, 0.05) is 18.4 Å². The topological polar surface area (TPSA) is 74.5 Å². The molecule has 0 aliphatic carbocycles. The van der Waals surface area contributed by atoms with E-state index in [1.807, 2.05) is 85.1 Å². The van der Waals surface area contributed by atoms with Gasteiger partial charge in [-0.2, -0.15) is 0 Å². The van der Waals surface area contributed by atoms with E-state index in [9.17, 15) is 15.0 Å². The molecule has 1 aromatic heterocycles. The van der Waals surface area contributed by atoms with Gasteiger partial charge in [-0.3, -0.25) is 4.79 Å². The number of fused-ring (bicyclic) bond motifs is 1. The molecule has 1 amide bonds. The lowest BCUT2D eigenvalue weighted by Crippen LogP contribution is -2.23. The van der Waals surface area contributed by atoms with E-state index in [4.69, 9.17) is 0 Å². The second-order valence-corrected chi connectivity index (χ2v) is 7.33. The van der Waals surface area contributed by atoms with Crippen LogP contribution >= 0.6 is 0 Å². The van der Waals surface area contributed by atoms with Crippen LogP contribution in [0, 0.1) is 0 Å². The lowest BCUT2D eigenvalue weighted by atomic mass is 9.99. The third-order valence-corrected chi connectivity index (χ3v) is 5.30. The van der Waals surface area contributed by atoms with Crippen LogP contribution in [0.2, 0.25) is 0 Å². The van der Waals surface area contributed by atoms with E-state index < -0.39 is 5.92 Å². The van der Waals surface area contributed by atoms with Crippen LogP contribution in [0.15, 0.2) is 85.1 Å². The molecule has 152 valence electrons. The number of nitrogens with zero attached hydrogens (tertiary/aromatic N) is 1. The van der Waals surface area contributed by atoms with Crippen molar-refractivity contribution in [3.05, 3.63) is 102 Å². The number of hydrogen-bond donors (Lipinski definition) is 3. The number of benzene rings is 3. The van der Waals surface area contributed by atoms with E-state index in [0.29, 0.717) is 12.2 Å². The highest BCUT2D eigenvalue weighted by molar-refractivity contribution is 5.97. The summed E-state index contributed by atoms with van der Waals surface area (Å²) in [6.07, 6.45) is 2.02. The number of aliphatic hydroxyl groups excluding tert-OH is 2. The molecule has 0 aliphatic heterocycles. The third kappa shape index (κ3) is 4.27. The van der Waals surface area contributed by atoms with Crippen molar-refractivity contribution < 1.29 is 15.0 Å². The second-order valence-electron chi connectivity index (χ2n) is 7.33. The van der Waals surface area contributed by atoms with E-state index in [1.165, 1.54) is 0 Å². The minimum absolute atomic E-state index is 0.0353. The van der Waals surface area contributed by atoms with Gasteiger partial charge in [0.1, 0.15) is 0 Å². The molecular weight excluding hydrogens is 376 g/mol. The van der Waals surface area contributed by atoms with Gasteiger partial charge in [-0.15, -0.1) is 0 Å². The fourth-order valence-electron chi connectivity index (χ4n) is 3.60. The van der Waals surface area contributed by atoms with Gasteiger partial charge in [-0.25, -0.2) is 0 Å². The molecule has 0 spiro atoms. The molecule has 3 N–H and O–H groups in total. The standard InChI is InChI=1S/C25H24N2O3/c28-16-19-8-6-18(7-9-19)15-27-13-12-21-10-11-22(14-24(21)27)26-25(30)23(17-29)20-4-2-1-3-5-20/h1-14,23,28-29H,15-17H2,(H,26,30). The summed E-state index contributed by atoms with van der Waals surface area (Å²) < 4.78 is 2.12. The first-order chi connectivity index (χ1) is 14.7. The van der Waals surface area contributed by atoms with Crippen LogP contribution in [0.1, 0.15) is 22.6 Å². The Hall–Kier alpha value is -3.41. The van der Waals surface area contributed by atoms with Gasteiger partial charge < -0.3 is 20.1 Å². The molecule has 0 aliphatic rings. The maximum absolute atomic E-state index is 12.8. The Bertz CT molecular complexity index is 1130. The number of hydrogen-bond acceptors (Lipinski definition) is 3. The van der Waals surface area contributed by atoms with Crippen molar-refractivity contribution in [1.29, 1.82) is 0 Å². The van der Waals surface area contributed by atoms with E-state index in [1.54, 1.807) is 0 Å². The van der Waals surface area contributed by atoms with Gasteiger partial charge in [0.25, 0.3) is 0 Å². The lowest BCUT2D eigenvalue weighted by Gasteiger charge is -2.15. The molecule has 1 heterocycles. The minimum atomic E-state index is -0.612. The molecule has 4 aromatic rings. The highest BCUT2D eigenvalue weighted by Crippen LogP contribution is 2.24. The van der Waals surface area contributed by atoms with Gasteiger partial charge in [0.2, 0.25) is 5.91 Å². The molecule has 0 bridgehead atoms. The predicted molar refractivity (Wildman–Crippen MR) is 118 cm³/mol. The fraction of sp³-hybridized carbons (Fsp3) is 0.160. The number of aromatic nitrogens is 1. The molecule has 0 saturated carbocycles. The summed E-state index contributed by atoms with van der Waals surface area (Å²) in [5, 5.41) is 23.0. The Labute approximate surface area is 175 Å². The summed E-state index contributed by atoms with van der Waals surface area (Å²) >= 11 is 0. The summed E-state index contributed by atoms with van der Waals surface area (Å²) in [6, 6.07) is 25.0. The first-order valence-corrected chi connectivity index (χ1v) is 9.92. The van der Waals surface area contributed by atoms with Crippen molar-refractivity contribution in [3.8, 4) is 0 Å². The molecule has 5 heteroatoms. The molecule has 5 nitrogen and oxygen atoms in total. The number of carbonyl (C=O) groups is 1. The van der Waals surface area contributed by atoms with Crippen molar-refractivity contribution in [2.24, 2.45) is 0 Å². The Morgan fingerprint density at radius 3 is 2.33 bits per heavy atom. The largest absolute Gasteiger partial charge is 0.395 e. The second kappa shape index (κ2) is 8.95. The SMILES string of the molecule is O=C(Nc1ccc2ccn(Cc3ccc(CO)cc3)c2c1)C(CO)c1ccccc1. The van der Waals surface area contributed by atoms with Crippen LogP contribution in [0.25, 0.3) is 10.9 Å². The molecule has 3 aromatic carbocycles. The smallest absolute Gasteiger partial charge is 0.234 e. The number of aliphatic hydroxyl groups is 2. The number of rotatable bonds is 7. The number of nitrogens with one attached hydrogen (secondary N) is 1. The van der Waals surface area contributed by atoms with Crippen molar-refractivity contribution in [2.45, 2.75) is 19.1 Å². The maximum Gasteiger partial charge on any atom is 0.234 e. The average molecular weight is 400 g/mol. The van der Waals surface area contributed by atoms with Crippen LogP contribution in [-0.4, -0.2) is 27.3 Å². The first kappa shape index (κ1) is 19.9. The van der Waals surface area contributed by atoms with Crippen LogP contribution in [0.3, 0.4) is 0 Å². The summed E-state index contributed by atoms with van der Waals surface area (Å²) in [4.78, 5) is 12.8. The molecule has 1 atom stereocenters. The highest BCUT2D eigenvalue weighted by atomic mass is 16.3. The average Bonchev–Trinajstić information content (AvgIpc) is 3.17. The highest BCUT2D eigenvalue weighted by Gasteiger charge is 2.19. The normalized spacial score (nSPS) is 12.1. The number of amides is 1. The number of carbonyl (C=O) groups excluding carboxylic acids is 1. The van der Waals surface area contributed by atoms with Gasteiger partial charge in [0.15, 0.2) is 0 Å². The van der Waals surface area contributed by atoms with Crippen molar-refractivity contribution in [1.82, 2.24) is 4.57 Å². The van der Waals surface area contributed by atoms with E-state index in [2.05, 4.69) is 9.88 Å². The quantitative estimate of drug-likeness (QED) is 0.441. The van der Waals surface area contributed by atoms with Crippen molar-refractivity contribution >= 4 is 22.5 Å². The molecule has 1 unspecified atom stereocenters. The maximum atomic E-state index is 12.8. The summed E-state index contributed by atoms with van der Waals surface area (Å²) in [7, 11) is 0. The molecule has 0 fully saturated rings. The monoisotopic (exact) mass is 400 g/mol. The third-order valence-electron chi connectivity index (χ3n) is 5.30. The Morgan fingerprint density at radius 1 is 0.900 bits per heavy atom. The van der Waals surface area contributed by atoms with Crippen LogP contribution < -0.4 is 5.32 Å². The van der Waals surface area contributed by atoms with E-state index >= 15 is 0 Å². The summed E-state index contributed by atoms with van der Waals surface area (Å²) in [5.74, 6) is -0.848. The zero-order chi connectivity index (χ0) is 20.9. The van der Waals surface area contributed by atoms with Crippen LogP contribution in [0.4, 0.5) is 5.69 Å². The minimum Gasteiger partial charge on any atom is -0.395 e. The molecule has 30 heavy (non-hydrogen) atoms. The van der Waals surface area contributed by atoms with Crippen LogP contribution in [0.5, 0.6) is 0 Å². The van der Waals surface area contributed by atoms with Crippen molar-refractivity contribution in [2.75, 3.05) is 11.9 Å². The van der Waals surface area contributed by atoms with Gasteiger partial charge in [-0.05, 0) is 40.3 Å². The van der Waals surface area contributed by atoms with Gasteiger partial charge in [-0.1, -0.05) is 60.7 Å². The zero-order valence-electron chi connectivity index (χ0n) is 16.5. The van der Waals surface area contributed by atoms with E-state index in [-0.39, 0.29) is 19.1 Å². The molecular formula is C25H24N2O3. The molecule has 4 rings (SSSR count). The zero-order valence-corrected chi connectivity index (χ0v) is 16.5. The van der Waals surface area contributed by atoms with Gasteiger partial charge >= 0.3 is 0 Å². The molecule has 0 radical (unpaired) electrons. The summed E-state index contributed by atoms with van der Waals surface area (Å²) in [6.45, 7) is 0.474. The summed E-state index contributed by atoms with van der Waals surface area (Å²) in [5.41, 5.74) is 4.51. The fourth-order valence-corrected chi connectivity index (χ4v) is 3.60. The first-order valence-electron chi connectivity index (χ1n) is 9.92. The Morgan fingerprint density at radius 2 is 1.63 bits per heavy atom.